The summed E-state index contributed by atoms with van der Waals surface area (Å²) in [6, 6.07) is 3.63. The summed E-state index contributed by atoms with van der Waals surface area (Å²) in [7, 11) is 1.87. The van der Waals surface area contributed by atoms with Gasteiger partial charge in [0, 0.05) is 19.1 Å². The van der Waals surface area contributed by atoms with E-state index >= 15 is 0 Å². The van der Waals surface area contributed by atoms with Crippen molar-refractivity contribution in [3.63, 3.8) is 0 Å². The molecule has 1 unspecified atom stereocenters. The van der Waals surface area contributed by atoms with Gasteiger partial charge in [0.2, 0.25) is 0 Å². The molecule has 0 aliphatic heterocycles. The van der Waals surface area contributed by atoms with Crippen molar-refractivity contribution >= 4 is 0 Å². The molecule has 1 atom stereocenters. The van der Waals surface area contributed by atoms with E-state index in [4.69, 9.17) is 10.8 Å². The Kier molecular flexibility index (Phi) is 5.47. The van der Waals surface area contributed by atoms with Crippen molar-refractivity contribution in [1.29, 1.82) is 0 Å². The molecule has 1 aromatic rings. The Morgan fingerprint density at radius 3 is 2.65 bits per heavy atom. The summed E-state index contributed by atoms with van der Waals surface area (Å²) in [6.45, 7) is 1.19. The molecule has 0 fully saturated rings. The molecule has 96 valence electrons. The first-order valence-corrected chi connectivity index (χ1v) is 5.52. The zero-order valence-corrected chi connectivity index (χ0v) is 9.87. The van der Waals surface area contributed by atoms with Crippen LogP contribution in [0.5, 0.6) is 0 Å². The number of nitrogens with zero attached hydrogens (tertiary/aromatic N) is 1. The highest BCUT2D eigenvalue weighted by molar-refractivity contribution is 5.18. The molecule has 0 saturated carbocycles. The van der Waals surface area contributed by atoms with Crippen LogP contribution in [0.1, 0.15) is 5.56 Å². The molecular formula is C12H18F2N2O. The predicted molar refractivity (Wildman–Crippen MR) is 62.6 cm³/mol. The lowest BCUT2D eigenvalue weighted by Gasteiger charge is -2.19. The second-order valence-electron chi connectivity index (χ2n) is 4.20. The van der Waals surface area contributed by atoms with Gasteiger partial charge in [-0.1, -0.05) is 6.07 Å². The minimum Gasteiger partial charge on any atom is -0.395 e. The van der Waals surface area contributed by atoms with Gasteiger partial charge in [0.05, 0.1) is 6.61 Å². The van der Waals surface area contributed by atoms with Crippen molar-refractivity contribution in [1.82, 2.24) is 4.90 Å². The third-order valence-electron chi connectivity index (χ3n) is 2.55. The van der Waals surface area contributed by atoms with Crippen molar-refractivity contribution in [2.24, 2.45) is 5.73 Å². The summed E-state index contributed by atoms with van der Waals surface area (Å²) in [5.74, 6) is -1.65. The number of rotatable bonds is 6. The van der Waals surface area contributed by atoms with E-state index in [9.17, 15) is 8.78 Å². The highest BCUT2D eigenvalue weighted by atomic mass is 19.2. The van der Waals surface area contributed by atoms with Gasteiger partial charge in [0.25, 0.3) is 0 Å². The lowest BCUT2D eigenvalue weighted by Crippen LogP contribution is -2.38. The number of hydrogen-bond donors (Lipinski definition) is 2. The first-order valence-electron chi connectivity index (χ1n) is 5.52. The van der Waals surface area contributed by atoms with Crippen molar-refractivity contribution in [3.8, 4) is 0 Å². The number of benzene rings is 1. The van der Waals surface area contributed by atoms with Crippen LogP contribution in [0.3, 0.4) is 0 Å². The fraction of sp³-hybridized carbons (Fsp3) is 0.500. The standard InChI is InChI=1S/C12H18F2N2O/c1-16(7-10(15)8-17)5-4-9-2-3-11(13)12(14)6-9/h2-3,6,10,17H,4-5,7-8,15H2,1H3. The molecule has 0 aliphatic rings. The molecule has 1 aromatic carbocycles. The summed E-state index contributed by atoms with van der Waals surface area (Å²) >= 11 is 0. The summed E-state index contributed by atoms with van der Waals surface area (Å²) in [5, 5.41) is 8.79. The van der Waals surface area contributed by atoms with Gasteiger partial charge >= 0.3 is 0 Å². The lowest BCUT2D eigenvalue weighted by molar-refractivity contribution is 0.222. The molecule has 17 heavy (non-hydrogen) atoms. The topological polar surface area (TPSA) is 49.5 Å². The normalized spacial score (nSPS) is 13.1. The maximum absolute atomic E-state index is 12.9. The molecule has 0 bridgehead atoms. The van der Waals surface area contributed by atoms with Gasteiger partial charge < -0.3 is 15.7 Å². The minimum absolute atomic E-state index is 0.0600. The molecule has 0 heterocycles. The second kappa shape index (κ2) is 6.64. The number of hydrogen-bond acceptors (Lipinski definition) is 3. The molecule has 0 amide bonds. The van der Waals surface area contributed by atoms with Crippen LogP contribution in [0.15, 0.2) is 18.2 Å². The van der Waals surface area contributed by atoms with Gasteiger partial charge in [-0.25, -0.2) is 8.78 Å². The molecular weight excluding hydrogens is 226 g/mol. The van der Waals surface area contributed by atoms with Gasteiger partial charge in [-0.2, -0.15) is 0 Å². The van der Waals surface area contributed by atoms with Gasteiger partial charge in [-0.05, 0) is 31.2 Å². The van der Waals surface area contributed by atoms with Gasteiger partial charge in [0.1, 0.15) is 0 Å². The van der Waals surface area contributed by atoms with Gasteiger partial charge in [0.15, 0.2) is 11.6 Å². The van der Waals surface area contributed by atoms with E-state index in [1.165, 1.54) is 6.07 Å². The molecule has 3 N–H and O–H groups in total. The van der Waals surface area contributed by atoms with Crippen LogP contribution >= 0.6 is 0 Å². The molecule has 3 nitrogen and oxygen atoms in total. The number of nitrogens with two attached hydrogens (primary N) is 1. The largest absolute Gasteiger partial charge is 0.395 e. The monoisotopic (exact) mass is 244 g/mol. The predicted octanol–water partition coefficient (Wildman–Crippen LogP) is 0.759. The Morgan fingerprint density at radius 1 is 1.35 bits per heavy atom. The molecule has 1 rings (SSSR count). The average Bonchev–Trinajstić information content (AvgIpc) is 2.30. The van der Waals surface area contributed by atoms with Crippen molar-refractivity contribution in [2.45, 2.75) is 12.5 Å². The Labute approximate surface area is 99.8 Å². The highest BCUT2D eigenvalue weighted by Crippen LogP contribution is 2.09. The quantitative estimate of drug-likeness (QED) is 0.776. The maximum Gasteiger partial charge on any atom is 0.159 e. The van der Waals surface area contributed by atoms with Crippen LogP contribution in [0.2, 0.25) is 0 Å². The maximum atomic E-state index is 12.9. The molecule has 0 saturated heterocycles. The SMILES string of the molecule is CN(CCc1ccc(F)c(F)c1)CC(N)CO. The van der Waals surface area contributed by atoms with E-state index in [1.807, 2.05) is 11.9 Å². The van der Waals surface area contributed by atoms with Crippen LogP contribution < -0.4 is 5.73 Å². The van der Waals surface area contributed by atoms with Crippen LogP contribution in [-0.2, 0) is 6.42 Å². The Hall–Kier alpha value is -1.04. The van der Waals surface area contributed by atoms with E-state index < -0.39 is 11.6 Å². The second-order valence-corrected chi connectivity index (χ2v) is 4.20. The van der Waals surface area contributed by atoms with E-state index in [-0.39, 0.29) is 12.6 Å². The van der Waals surface area contributed by atoms with Crippen LogP contribution in [-0.4, -0.2) is 42.8 Å². The van der Waals surface area contributed by atoms with E-state index in [0.29, 0.717) is 19.5 Å². The average molecular weight is 244 g/mol. The third kappa shape index (κ3) is 4.77. The summed E-state index contributed by atoms with van der Waals surface area (Å²) in [5.41, 5.74) is 6.33. The Bertz CT molecular complexity index is 360. The first kappa shape index (κ1) is 14.0. The van der Waals surface area contributed by atoms with Crippen molar-refractivity contribution < 1.29 is 13.9 Å². The molecule has 0 spiro atoms. The van der Waals surface area contributed by atoms with Crippen molar-refractivity contribution in [3.05, 3.63) is 35.4 Å². The fourth-order valence-corrected chi connectivity index (χ4v) is 1.56. The number of aliphatic hydroxyl groups is 1. The van der Waals surface area contributed by atoms with E-state index in [2.05, 4.69) is 0 Å². The summed E-state index contributed by atoms with van der Waals surface area (Å²) in [6.07, 6.45) is 0.617. The van der Waals surface area contributed by atoms with E-state index in [0.717, 1.165) is 11.6 Å². The number of likely N-dealkylation sites (N-methyl/N-ethyl adjacent to an activating group) is 1. The lowest BCUT2D eigenvalue weighted by atomic mass is 10.1. The molecule has 0 aliphatic carbocycles. The van der Waals surface area contributed by atoms with Crippen LogP contribution in [0.4, 0.5) is 8.78 Å². The number of halogens is 2. The molecule has 5 heteroatoms. The molecule has 0 aromatic heterocycles. The molecule has 0 radical (unpaired) electrons. The first-order chi connectivity index (χ1) is 8.02. The van der Waals surface area contributed by atoms with Crippen LogP contribution in [0, 0.1) is 11.6 Å². The third-order valence-corrected chi connectivity index (χ3v) is 2.55. The summed E-state index contributed by atoms with van der Waals surface area (Å²) < 4.78 is 25.6. The zero-order valence-electron chi connectivity index (χ0n) is 9.87. The smallest absolute Gasteiger partial charge is 0.159 e. The Morgan fingerprint density at radius 2 is 2.06 bits per heavy atom. The number of aliphatic hydroxyl groups excluding tert-OH is 1. The Balaban J connectivity index is 2.42. The minimum atomic E-state index is -0.829. The van der Waals surface area contributed by atoms with Crippen molar-refractivity contribution in [2.75, 3.05) is 26.7 Å². The fourth-order valence-electron chi connectivity index (χ4n) is 1.56. The van der Waals surface area contributed by atoms with Gasteiger partial charge in [-0.3, -0.25) is 0 Å². The van der Waals surface area contributed by atoms with Gasteiger partial charge in [-0.15, -0.1) is 0 Å². The highest BCUT2D eigenvalue weighted by Gasteiger charge is 2.07. The van der Waals surface area contributed by atoms with Crippen LogP contribution in [0.25, 0.3) is 0 Å². The zero-order chi connectivity index (χ0) is 12.8. The summed E-state index contributed by atoms with van der Waals surface area (Å²) in [4.78, 5) is 1.95. The van der Waals surface area contributed by atoms with E-state index in [1.54, 1.807) is 6.07 Å².